The summed E-state index contributed by atoms with van der Waals surface area (Å²) in [6, 6.07) is 10.3. The predicted octanol–water partition coefficient (Wildman–Crippen LogP) is 4.14. The van der Waals surface area contributed by atoms with E-state index < -0.39 is 16.6 Å². The Balaban J connectivity index is 1.65. The molecule has 2 aromatic carbocycles. The van der Waals surface area contributed by atoms with Crippen molar-refractivity contribution in [3.8, 4) is 5.75 Å². The van der Waals surface area contributed by atoms with Crippen LogP contribution in [0.15, 0.2) is 53.4 Å². The summed E-state index contributed by atoms with van der Waals surface area (Å²) >= 11 is 11.9. The van der Waals surface area contributed by atoms with Gasteiger partial charge in [-0.05, 0) is 30.3 Å². The molecule has 31 heavy (non-hydrogen) atoms. The fraction of sp³-hybridized carbons (Fsp3) is 0.250. The largest absolute Gasteiger partial charge is 0.434 e. The summed E-state index contributed by atoms with van der Waals surface area (Å²) in [5.74, 6) is -0.416. The number of carbonyl (C=O) groups is 1. The standard InChI is InChI=1S/C20H18Cl2F2N2O4S/c21-15-6-7-16(22)18(13-15)31(28,29)26-11-9-25(10-12-26)19(27)8-5-14-3-1-2-4-17(14)30-20(23)24/h1-8,13,20H,9-12H2/b8-5+. The Kier molecular flexibility index (Phi) is 7.53. The number of hydrogen-bond donors (Lipinski definition) is 0. The highest BCUT2D eigenvalue weighted by Gasteiger charge is 2.31. The molecule has 0 saturated carbocycles. The predicted molar refractivity (Wildman–Crippen MR) is 114 cm³/mol. The molecule has 1 aliphatic rings. The van der Waals surface area contributed by atoms with Crippen LogP contribution in [0.1, 0.15) is 5.56 Å². The van der Waals surface area contributed by atoms with Gasteiger partial charge < -0.3 is 9.64 Å². The van der Waals surface area contributed by atoms with Gasteiger partial charge in [-0.25, -0.2) is 8.42 Å². The van der Waals surface area contributed by atoms with E-state index in [-0.39, 0.29) is 52.8 Å². The molecule has 0 radical (unpaired) electrons. The Bertz CT molecular complexity index is 1090. The van der Waals surface area contributed by atoms with Crippen LogP contribution in [0.3, 0.4) is 0 Å². The van der Waals surface area contributed by atoms with Crippen molar-refractivity contribution in [2.45, 2.75) is 11.5 Å². The lowest BCUT2D eigenvalue weighted by Gasteiger charge is -2.33. The van der Waals surface area contributed by atoms with Gasteiger partial charge in [0, 0.05) is 42.8 Å². The van der Waals surface area contributed by atoms with Crippen LogP contribution in [0.5, 0.6) is 5.75 Å². The van der Waals surface area contributed by atoms with E-state index >= 15 is 0 Å². The van der Waals surface area contributed by atoms with Gasteiger partial charge in [0.2, 0.25) is 15.9 Å². The molecule has 0 atom stereocenters. The molecule has 2 aromatic rings. The summed E-state index contributed by atoms with van der Waals surface area (Å²) in [4.78, 5) is 13.9. The highest BCUT2D eigenvalue weighted by Crippen LogP contribution is 2.28. The summed E-state index contributed by atoms with van der Waals surface area (Å²) in [5, 5.41) is 0.313. The summed E-state index contributed by atoms with van der Waals surface area (Å²) in [5.41, 5.74) is 0.327. The number of rotatable bonds is 6. The van der Waals surface area contributed by atoms with E-state index in [1.54, 1.807) is 18.2 Å². The van der Waals surface area contributed by atoms with Crippen LogP contribution >= 0.6 is 23.2 Å². The fourth-order valence-corrected chi connectivity index (χ4v) is 5.21. The highest BCUT2D eigenvalue weighted by molar-refractivity contribution is 7.89. The number of alkyl halides is 2. The van der Waals surface area contributed by atoms with Gasteiger partial charge in [-0.2, -0.15) is 13.1 Å². The number of piperazine rings is 1. The van der Waals surface area contributed by atoms with Crippen molar-refractivity contribution < 1.29 is 26.7 Å². The van der Waals surface area contributed by atoms with Crippen LogP contribution in [0.25, 0.3) is 6.08 Å². The summed E-state index contributed by atoms with van der Waals surface area (Å²) < 4.78 is 56.4. The van der Waals surface area contributed by atoms with Crippen LogP contribution in [0, 0.1) is 0 Å². The fourth-order valence-electron chi connectivity index (χ4n) is 3.05. The number of nitrogens with zero attached hydrogens (tertiary/aromatic N) is 2. The number of amides is 1. The lowest BCUT2D eigenvalue weighted by molar-refractivity contribution is -0.127. The van der Waals surface area contributed by atoms with Gasteiger partial charge in [-0.3, -0.25) is 4.79 Å². The van der Waals surface area contributed by atoms with Crippen molar-refractivity contribution in [1.29, 1.82) is 0 Å². The number of ether oxygens (including phenoxy) is 1. The number of sulfonamides is 1. The van der Waals surface area contributed by atoms with Crippen LogP contribution in [0.4, 0.5) is 8.78 Å². The van der Waals surface area contributed by atoms with Gasteiger partial charge in [0.25, 0.3) is 0 Å². The summed E-state index contributed by atoms with van der Waals surface area (Å²) in [7, 11) is -3.86. The summed E-state index contributed by atoms with van der Waals surface area (Å²) in [6.07, 6.45) is 2.63. The van der Waals surface area contributed by atoms with E-state index in [0.717, 1.165) is 0 Å². The molecule has 0 aromatic heterocycles. The molecule has 11 heteroatoms. The molecular weight excluding hydrogens is 473 g/mol. The van der Waals surface area contributed by atoms with E-state index in [1.165, 1.54) is 45.6 Å². The number of hydrogen-bond acceptors (Lipinski definition) is 4. The van der Waals surface area contributed by atoms with E-state index in [1.807, 2.05) is 0 Å². The zero-order valence-corrected chi connectivity index (χ0v) is 18.4. The van der Waals surface area contributed by atoms with Crippen molar-refractivity contribution in [1.82, 2.24) is 9.21 Å². The number of benzene rings is 2. The first kappa shape index (κ1) is 23.5. The van der Waals surface area contributed by atoms with Gasteiger partial charge in [0.05, 0.1) is 5.02 Å². The first-order chi connectivity index (χ1) is 14.7. The maximum atomic E-state index is 12.9. The molecule has 166 valence electrons. The minimum Gasteiger partial charge on any atom is -0.434 e. The van der Waals surface area contributed by atoms with Gasteiger partial charge in [-0.1, -0.05) is 41.4 Å². The lowest BCUT2D eigenvalue weighted by atomic mass is 10.2. The topological polar surface area (TPSA) is 66.9 Å². The van der Waals surface area contributed by atoms with Crippen molar-refractivity contribution in [3.63, 3.8) is 0 Å². The molecule has 1 amide bonds. The van der Waals surface area contributed by atoms with Crippen LogP contribution in [-0.2, 0) is 14.8 Å². The molecule has 6 nitrogen and oxygen atoms in total. The molecule has 0 spiro atoms. The molecule has 1 aliphatic heterocycles. The Labute approximate surface area is 188 Å². The average Bonchev–Trinajstić information content (AvgIpc) is 2.74. The maximum absolute atomic E-state index is 12.9. The second-order valence-corrected chi connectivity index (χ2v) is 9.30. The molecule has 0 N–H and O–H groups in total. The molecule has 0 aliphatic carbocycles. The average molecular weight is 491 g/mol. The molecule has 1 fully saturated rings. The third kappa shape index (κ3) is 5.74. The third-order valence-electron chi connectivity index (χ3n) is 4.60. The normalized spacial score (nSPS) is 15.6. The maximum Gasteiger partial charge on any atom is 0.387 e. The monoisotopic (exact) mass is 490 g/mol. The minimum absolute atomic E-state index is 0.0455. The summed E-state index contributed by atoms with van der Waals surface area (Å²) in [6.45, 7) is -2.50. The molecule has 0 unspecified atom stereocenters. The second-order valence-electron chi connectivity index (χ2n) is 6.55. The molecule has 1 saturated heterocycles. The second kappa shape index (κ2) is 9.95. The molecule has 1 heterocycles. The zero-order chi connectivity index (χ0) is 22.6. The number of carbonyl (C=O) groups excluding carboxylic acids is 1. The van der Waals surface area contributed by atoms with Crippen LogP contribution < -0.4 is 4.74 Å². The molecular formula is C20H18Cl2F2N2O4S. The zero-order valence-electron chi connectivity index (χ0n) is 16.0. The smallest absolute Gasteiger partial charge is 0.387 e. The van der Waals surface area contributed by atoms with E-state index in [2.05, 4.69) is 4.74 Å². The van der Waals surface area contributed by atoms with E-state index in [0.29, 0.717) is 5.56 Å². The minimum atomic E-state index is -3.86. The third-order valence-corrected chi connectivity index (χ3v) is 7.22. The quantitative estimate of drug-likeness (QED) is 0.570. The first-order valence-corrected chi connectivity index (χ1v) is 11.3. The van der Waals surface area contributed by atoms with Gasteiger partial charge in [0.1, 0.15) is 10.6 Å². The molecule has 0 bridgehead atoms. The Morgan fingerprint density at radius 3 is 2.42 bits per heavy atom. The Morgan fingerprint density at radius 1 is 1.06 bits per heavy atom. The van der Waals surface area contributed by atoms with Gasteiger partial charge in [-0.15, -0.1) is 0 Å². The highest BCUT2D eigenvalue weighted by atomic mass is 35.5. The lowest BCUT2D eigenvalue weighted by Crippen LogP contribution is -2.50. The Hall–Kier alpha value is -2.20. The van der Waals surface area contributed by atoms with Crippen molar-refractivity contribution >= 4 is 45.2 Å². The Morgan fingerprint density at radius 2 is 1.74 bits per heavy atom. The molecule has 3 rings (SSSR count). The number of para-hydroxylation sites is 1. The SMILES string of the molecule is O=C(/C=C/c1ccccc1OC(F)F)N1CCN(S(=O)(=O)c2cc(Cl)ccc2Cl)CC1. The van der Waals surface area contributed by atoms with Gasteiger partial charge >= 0.3 is 6.61 Å². The van der Waals surface area contributed by atoms with Crippen molar-refractivity contribution in [2.24, 2.45) is 0 Å². The van der Waals surface area contributed by atoms with E-state index in [4.69, 9.17) is 23.2 Å². The van der Waals surface area contributed by atoms with Gasteiger partial charge in [0.15, 0.2) is 0 Å². The van der Waals surface area contributed by atoms with E-state index in [9.17, 15) is 22.0 Å². The first-order valence-electron chi connectivity index (χ1n) is 9.14. The van der Waals surface area contributed by atoms with Crippen molar-refractivity contribution in [2.75, 3.05) is 26.2 Å². The van der Waals surface area contributed by atoms with Crippen LogP contribution in [0.2, 0.25) is 10.0 Å². The number of halogens is 4. The van der Waals surface area contributed by atoms with Crippen LogP contribution in [-0.4, -0.2) is 56.3 Å². The van der Waals surface area contributed by atoms with Crippen molar-refractivity contribution in [3.05, 3.63) is 64.1 Å².